The van der Waals surface area contributed by atoms with Crippen molar-refractivity contribution in [3.63, 3.8) is 0 Å². The van der Waals surface area contributed by atoms with E-state index in [1.54, 1.807) is 17.0 Å². The van der Waals surface area contributed by atoms with Crippen LogP contribution < -0.4 is 5.32 Å². The lowest BCUT2D eigenvalue weighted by atomic mass is 10.1. The largest absolute Gasteiger partial charge is 0.468 e. The highest BCUT2D eigenvalue weighted by molar-refractivity contribution is 5.94. The fourth-order valence-corrected chi connectivity index (χ4v) is 3.42. The van der Waals surface area contributed by atoms with E-state index in [9.17, 15) is 18.4 Å². The van der Waals surface area contributed by atoms with Crippen LogP contribution in [0.1, 0.15) is 27.9 Å². The predicted molar refractivity (Wildman–Crippen MR) is 99.6 cm³/mol. The Morgan fingerprint density at radius 1 is 1.14 bits per heavy atom. The smallest absolute Gasteiger partial charge is 0.323 e. The van der Waals surface area contributed by atoms with Crippen LogP contribution in [-0.4, -0.2) is 42.5 Å². The van der Waals surface area contributed by atoms with Crippen molar-refractivity contribution in [3.8, 4) is 0 Å². The molecule has 5 nitrogen and oxygen atoms in total. The van der Waals surface area contributed by atoms with Gasteiger partial charge in [0.1, 0.15) is 17.7 Å². The van der Waals surface area contributed by atoms with Crippen LogP contribution in [0.15, 0.2) is 42.5 Å². The number of amides is 1. The second-order valence-electron chi connectivity index (χ2n) is 6.94. The van der Waals surface area contributed by atoms with E-state index in [1.165, 1.54) is 25.3 Å². The van der Waals surface area contributed by atoms with Gasteiger partial charge in [-0.3, -0.25) is 14.5 Å². The molecule has 2 aromatic carbocycles. The number of hydrogen-bond acceptors (Lipinski definition) is 4. The van der Waals surface area contributed by atoms with Crippen LogP contribution in [-0.2, 0) is 16.1 Å². The summed E-state index contributed by atoms with van der Waals surface area (Å²) in [4.78, 5) is 26.3. The molecular formula is C21H22F2N2O3. The summed E-state index contributed by atoms with van der Waals surface area (Å²) in [6.07, 6.45) is 0.306. The molecule has 0 saturated carbocycles. The molecule has 0 aliphatic carbocycles. The molecule has 0 radical (unpaired) electrons. The van der Waals surface area contributed by atoms with Gasteiger partial charge in [0.2, 0.25) is 0 Å². The van der Waals surface area contributed by atoms with Crippen LogP contribution >= 0.6 is 0 Å². The van der Waals surface area contributed by atoms with Gasteiger partial charge >= 0.3 is 5.97 Å². The molecule has 1 fully saturated rings. The number of esters is 1. The Hall–Kier alpha value is -2.80. The zero-order valence-corrected chi connectivity index (χ0v) is 15.7. The topological polar surface area (TPSA) is 58.6 Å². The number of methoxy groups -OCH3 is 1. The van der Waals surface area contributed by atoms with Gasteiger partial charge in [-0.05, 0) is 37.6 Å². The Labute approximate surface area is 162 Å². The summed E-state index contributed by atoms with van der Waals surface area (Å²) in [5, 5.41) is 2.89. The molecule has 1 amide bonds. The maximum atomic E-state index is 14.0. The van der Waals surface area contributed by atoms with Crippen molar-refractivity contribution in [2.45, 2.75) is 32.0 Å². The van der Waals surface area contributed by atoms with Crippen LogP contribution in [0.4, 0.5) is 8.78 Å². The second-order valence-corrected chi connectivity index (χ2v) is 6.94. The summed E-state index contributed by atoms with van der Waals surface area (Å²) in [5.74, 6) is -2.09. The van der Waals surface area contributed by atoms with Crippen molar-refractivity contribution < 1.29 is 23.1 Å². The molecule has 7 heteroatoms. The summed E-state index contributed by atoms with van der Waals surface area (Å²) in [6, 6.07) is 9.76. The van der Waals surface area contributed by atoms with Gasteiger partial charge in [0.15, 0.2) is 0 Å². The number of carbonyl (C=O) groups is 2. The maximum Gasteiger partial charge on any atom is 0.323 e. The van der Waals surface area contributed by atoms with Crippen LogP contribution in [0.5, 0.6) is 0 Å². The van der Waals surface area contributed by atoms with E-state index in [0.717, 1.165) is 5.56 Å². The second kappa shape index (κ2) is 8.48. The molecule has 1 N–H and O–H groups in total. The molecule has 2 aromatic rings. The highest BCUT2D eigenvalue weighted by atomic mass is 19.1. The molecule has 0 bridgehead atoms. The van der Waals surface area contributed by atoms with Crippen LogP contribution in [0, 0.1) is 18.6 Å². The average molecular weight is 388 g/mol. The minimum atomic E-state index is -0.688. The lowest BCUT2D eigenvalue weighted by Crippen LogP contribution is -2.38. The number of halogens is 2. The molecular weight excluding hydrogens is 366 g/mol. The first-order valence-electron chi connectivity index (χ1n) is 9.01. The molecule has 1 heterocycles. The van der Waals surface area contributed by atoms with E-state index in [0.29, 0.717) is 12.0 Å². The number of rotatable bonds is 5. The van der Waals surface area contributed by atoms with Crippen molar-refractivity contribution in [3.05, 3.63) is 70.8 Å². The first-order chi connectivity index (χ1) is 13.4. The number of hydrogen-bond donors (Lipinski definition) is 1. The van der Waals surface area contributed by atoms with E-state index >= 15 is 0 Å². The van der Waals surface area contributed by atoms with Crippen LogP contribution in [0.2, 0.25) is 0 Å². The van der Waals surface area contributed by atoms with Crippen molar-refractivity contribution >= 4 is 11.9 Å². The molecule has 0 unspecified atom stereocenters. The van der Waals surface area contributed by atoms with Crippen molar-refractivity contribution in [2.75, 3.05) is 13.7 Å². The molecule has 1 saturated heterocycles. The predicted octanol–water partition coefficient (Wildman–Crippen LogP) is 2.82. The van der Waals surface area contributed by atoms with E-state index in [1.807, 2.05) is 19.1 Å². The Kier molecular flexibility index (Phi) is 6.04. The number of aryl methyl sites for hydroxylation is 1. The third kappa shape index (κ3) is 4.36. The minimum Gasteiger partial charge on any atom is -0.468 e. The van der Waals surface area contributed by atoms with Gasteiger partial charge in [-0.25, -0.2) is 8.78 Å². The zero-order valence-electron chi connectivity index (χ0n) is 15.7. The fraction of sp³-hybridized carbons (Fsp3) is 0.333. The van der Waals surface area contributed by atoms with Gasteiger partial charge in [0, 0.05) is 30.3 Å². The normalized spacial score (nSPS) is 19.4. The minimum absolute atomic E-state index is 0.0881. The molecule has 1 aliphatic rings. The standard InChI is InChI=1S/C21H22F2N2O3/c1-13-6-8-14(9-7-13)20(26)24-15-10-19(21(27)28-2)25(11-15)12-16-17(22)4-3-5-18(16)23/h3-9,15,19H,10-12H2,1-2H3,(H,24,26)/t15-,19+/m1/s1. The molecule has 0 aromatic heterocycles. The Morgan fingerprint density at radius 3 is 2.39 bits per heavy atom. The Bertz CT molecular complexity index is 850. The SMILES string of the molecule is COC(=O)[C@@H]1C[C@@H](NC(=O)c2ccc(C)cc2)CN1Cc1c(F)cccc1F. The van der Waals surface area contributed by atoms with Crippen molar-refractivity contribution in [2.24, 2.45) is 0 Å². The number of ether oxygens (including phenoxy) is 1. The van der Waals surface area contributed by atoms with Crippen molar-refractivity contribution in [1.29, 1.82) is 0 Å². The average Bonchev–Trinajstić information content (AvgIpc) is 3.07. The fourth-order valence-electron chi connectivity index (χ4n) is 3.42. The third-order valence-corrected chi connectivity index (χ3v) is 4.95. The lowest BCUT2D eigenvalue weighted by Gasteiger charge is -2.22. The molecule has 0 spiro atoms. The zero-order chi connectivity index (χ0) is 20.3. The van der Waals surface area contributed by atoms with E-state index < -0.39 is 23.6 Å². The summed E-state index contributed by atoms with van der Waals surface area (Å²) < 4.78 is 32.9. The quantitative estimate of drug-likeness (QED) is 0.801. The van der Waals surface area contributed by atoms with Gasteiger partial charge in [0.25, 0.3) is 5.91 Å². The van der Waals surface area contributed by atoms with E-state index in [2.05, 4.69) is 5.32 Å². The number of nitrogens with one attached hydrogen (secondary N) is 1. The van der Waals surface area contributed by atoms with Gasteiger partial charge in [0.05, 0.1) is 7.11 Å². The van der Waals surface area contributed by atoms with Gasteiger partial charge in [-0.15, -0.1) is 0 Å². The summed E-state index contributed by atoms with van der Waals surface area (Å²) in [6.45, 7) is 2.12. The van der Waals surface area contributed by atoms with E-state index in [4.69, 9.17) is 4.74 Å². The Balaban J connectivity index is 1.74. The monoisotopic (exact) mass is 388 g/mol. The van der Waals surface area contributed by atoms with Gasteiger partial charge < -0.3 is 10.1 Å². The number of benzene rings is 2. The van der Waals surface area contributed by atoms with Crippen molar-refractivity contribution in [1.82, 2.24) is 10.2 Å². The van der Waals surface area contributed by atoms with Gasteiger partial charge in [-0.2, -0.15) is 0 Å². The summed E-state index contributed by atoms with van der Waals surface area (Å²) in [5.41, 5.74) is 1.45. The van der Waals surface area contributed by atoms with E-state index in [-0.39, 0.29) is 30.6 Å². The molecule has 3 rings (SSSR count). The third-order valence-electron chi connectivity index (χ3n) is 4.95. The molecule has 2 atom stereocenters. The first-order valence-corrected chi connectivity index (χ1v) is 9.01. The lowest BCUT2D eigenvalue weighted by molar-refractivity contribution is -0.146. The first kappa shape index (κ1) is 19.9. The summed E-state index contributed by atoms with van der Waals surface area (Å²) in [7, 11) is 1.27. The molecule has 28 heavy (non-hydrogen) atoms. The molecule has 1 aliphatic heterocycles. The number of likely N-dealkylation sites (tertiary alicyclic amines) is 1. The van der Waals surface area contributed by atoms with Crippen LogP contribution in [0.25, 0.3) is 0 Å². The Morgan fingerprint density at radius 2 is 1.79 bits per heavy atom. The molecule has 148 valence electrons. The van der Waals surface area contributed by atoms with Gasteiger partial charge in [-0.1, -0.05) is 23.8 Å². The highest BCUT2D eigenvalue weighted by Crippen LogP contribution is 2.24. The maximum absolute atomic E-state index is 14.0. The van der Waals surface area contributed by atoms with Crippen LogP contribution in [0.3, 0.4) is 0 Å². The number of nitrogens with zero attached hydrogens (tertiary/aromatic N) is 1. The number of carbonyl (C=O) groups excluding carboxylic acids is 2. The summed E-state index contributed by atoms with van der Waals surface area (Å²) >= 11 is 0. The highest BCUT2D eigenvalue weighted by Gasteiger charge is 2.38.